The zero-order valence-electron chi connectivity index (χ0n) is 11.6. The van der Waals surface area contributed by atoms with Gasteiger partial charge in [0.15, 0.2) is 0 Å². The lowest BCUT2D eigenvalue weighted by Crippen LogP contribution is -2.24. The minimum Gasteiger partial charge on any atom is -0.393 e. The van der Waals surface area contributed by atoms with Gasteiger partial charge >= 0.3 is 0 Å². The molecule has 3 heteroatoms. The molecule has 0 aliphatic rings. The topological polar surface area (TPSA) is 32.3 Å². The molecule has 0 spiro atoms. The van der Waals surface area contributed by atoms with Crippen molar-refractivity contribution in [3.8, 4) is 0 Å². The number of aliphatic hydroxyl groups excluding tert-OH is 1. The van der Waals surface area contributed by atoms with Crippen LogP contribution in [0.25, 0.3) is 0 Å². The third kappa shape index (κ3) is 4.44. The van der Waals surface area contributed by atoms with E-state index in [9.17, 15) is 9.50 Å². The molecule has 2 aromatic rings. The standard InChI is InChI=1S/C17H20FNO/c1-13(20)11-17(15-7-9-16(18)10-8-15)19-12-14-5-3-2-4-6-14/h2-10,13,17,19-20H,11-12H2,1H3. The summed E-state index contributed by atoms with van der Waals surface area (Å²) in [5, 5.41) is 13.0. The van der Waals surface area contributed by atoms with Gasteiger partial charge in [-0.1, -0.05) is 42.5 Å². The molecule has 2 aromatic carbocycles. The minimum atomic E-state index is -0.409. The van der Waals surface area contributed by atoms with Crippen LogP contribution in [-0.4, -0.2) is 11.2 Å². The molecule has 0 amide bonds. The third-order valence-electron chi connectivity index (χ3n) is 3.24. The average Bonchev–Trinajstić information content (AvgIpc) is 2.45. The lowest BCUT2D eigenvalue weighted by Gasteiger charge is -2.21. The molecule has 0 radical (unpaired) electrons. The van der Waals surface area contributed by atoms with E-state index in [1.54, 1.807) is 19.1 Å². The number of halogens is 1. The molecule has 106 valence electrons. The van der Waals surface area contributed by atoms with Gasteiger partial charge in [0, 0.05) is 12.6 Å². The van der Waals surface area contributed by atoms with Crippen LogP contribution >= 0.6 is 0 Å². The van der Waals surface area contributed by atoms with Crippen molar-refractivity contribution in [3.63, 3.8) is 0 Å². The van der Waals surface area contributed by atoms with Gasteiger partial charge in [-0.2, -0.15) is 0 Å². The van der Waals surface area contributed by atoms with E-state index >= 15 is 0 Å². The highest BCUT2D eigenvalue weighted by Crippen LogP contribution is 2.19. The van der Waals surface area contributed by atoms with E-state index in [0.29, 0.717) is 6.42 Å². The maximum atomic E-state index is 13.0. The molecular weight excluding hydrogens is 253 g/mol. The summed E-state index contributed by atoms with van der Waals surface area (Å²) in [4.78, 5) is 0. The first-order valence-electron chi connectivity index (χ1n) is 6.86. The maximum Gasteiger partial charge on any atom is 0.123 e. The van der Waals surface area contributed by atoms with E-state index < -0.39 is 6.10 Å². The SMILES string of the molecule is CC(O)CC(NCc1ccccc1)c1ccc(F)cc1. The number of hydrogen-bond acceptors (Lipinski definition) is 2. The Balaban J connectivity index is 2.05. The van der Waals surface area contributed by atoms with Crippen LogP contribution in [0.2, 0.25) is 0 Å². The first kappa shape index (κ1) is 14.7. The lowest BCUT2D eigenvalue weighted by molar-refractivity contribution is 0.167. The van der Waals surface area contributed by atoms with Crippen molar-refractivity contribution < 1.29 is 9.50 Å². The zero-order chi connectivity index (χ0) is 14.4. The van der Waals surface area contributed by atoms with E-state index in [2.05, 4.69) is 17.4 Å². The van der Waals surface area contributed by atoms with Crippen LogP contribution in [0.4, 0.5) is 4.39 Å². The van der Waals surface area contributed by atoms with Crippen LogP contribution in [0.1, 0.15) is 30.5 Å². The second-order valence-corrected chi connectivity index (χ2v) is 5.06. The van der Waals surface area contributed by atoms with Crippen molar-refractivity contribution in [3.05, 3.63) is 71.5 Å². The molecule has 0 aliphatic carbocycles. The molecule has 0 aromatic heterocycles. The zero-order valence-corrected chi connectivity index (χ0v) is 11.6. The Labute approximate surface area is 119 Å². The quantitative estimate of drug-likeness (QED) is 0.845. The molecule has 0 bridgehead atoms. The fourth-order valence-corrected chi connectivity index (χ4v) is 2.21. The predicted molar refractivity (Wildman–Crippen MR) is 78.7 cm³/mol. The maximum absolute atomic E-state index is 13.0. The fourth-order valence-electron chi connectivity index (χ4n) is 2.21. The van der Waals surface area contributed by atoms with E-state index in [1.165, 1.54) is 17.7 Å². The largest absolute Gasteiger partial charge is 0.393 e. The van der Waals surface area contributed by atoms with Gasteiger partial charge in [0.25, 0.3) is 0 Å². The van der Waals surface area contributed by atoms with Crippen LogP contribution in [0.5, 0.6) is 0 Å². The Morgan fingerprint density at radius 1 is 1.05 bits per heavy atom. The van der Waals surface area contributed by atoms with Crippen LogP contribution in [-0.2, 0) is 6.54 Å². The summed E-state index contributed by atoms with van der Waals surface area (Å²) in [6.45, 7) is 2.48. The summed E-state index contributed by atoms with van der Waals surface area (Å²) >= 11 is 0. The van der Waals surface area contributed by atoms with Gasteiger partial charge in [-0.25, -0.2) is 4.39 Å². The van der Waals surface area contributed by atoms with Crippen molar-refractivity contribution >= 4 is 0 Å². The van der Waals surface area contributed by atoms with Crippen LogP contribution in [0.15, 0.2) is 54.6 Å². The number of benzene rings is 2. The van der Waals surface area contributed by atoms with Crippen molar-refractivity contribution in [1.29, 1.82) is 0 Å². The predicted octanol–water partition coefficient (Wildman–Crippen LogP) is 3.43. The van der Waals surface area contributed by atoms with Crippen molar-refractivity contribution in [1.82, 2.24) is 5.32 Å². The fraction of sp³-hybridized carbons (Fsp3) is 0.294. The van der Waals surface area contributed by atoms with Crippen molar-refractivity contribution in [2.45, 2.75) is 32.0 Å². The summed E-state index contributed by atoms with van der Waals surface area (Å²) in [5.74, 6) is -0.243. The van der Waals surface area contributed by atoms with E-state index in [4.69, 9.17) is 0 Å². The van der Waals surface area contributed by atoms with Crippen LogP contribution in [0, 0.1) is 5.82 Å². The van der Waals surface area contributed by atoms with Crippen LogP contribution in [0.3, 0.4) is 0 Å². The molecule has 20 heavy (non-hydrogen) atoms. The normalized spacial score (nSPS) is 13.9. The molecule has 0 saturated heterocycles. The summed E-state index contributed by atoms with van der Waals surface area (Å²) in [6.07, 6.45) is 0.187. The van der Waals surface area contributed by atoms with Gasteiger partial charge in [0.05, 0.1) is 6.10 Å². The second-order valence-electron chi connectivity index (χ2n) is 5.06. The molecule has 2 rings (SSSR count). The van der Waals surface area contributed by atoms with Gasteiger partial charge in [-0.15, -0.1) is 0 Å². The number of rotatable bonds is 6. The van der Waals surface area contributed by atoms with E-state index in [-0.39, 0.29) is 11.9 Å². The van der Waals surface area contributed by atoms with Gasteiger partial charge in [-0.3, -0.25) is 0 Å². The Morgan fingerprint density at radius 2 is 1.70 bits per heavy atom. The highest BCUT2D eigenvalue weighted by molar-refractivity contribution is 5.21. The average molecular weight is 273 g/mol. The monoisotopic (exact) mass is 273 g/mol. The molecule has 0 heterocycles. The van der Waals surface area contributed by atoms with Crippen molar-refractivity contribution in [2.24, 2.45) is 0 Å². The minimum absolute atomic E-state index is 0.0100. The van der Waals surface area contributed by atoms with Gasteiger partial charge in [-0.05, 0) is 36.6 Å². The Morgan fingerprint density at radius 3 is 2.30 bits per heavy atom. The molecule has 0 aliphatic heterocycles. The van der Waals surface area contributed by atoms with Crippen LogP contribution < -0.4 is 5.32 Å². The van der Waals surface area contributed by atoms with Gasteiger partial charge < -0.3 is 10.4 Å². The molecule has 2 N–H and O–H groups in total. The number of hydrogen-bond donors (Lipinski definition) is 2. The van der Waals surface area contributed by atoms with Crippen molar-refractivity contribution in [2.75, 3.05) is 0 Å². The van der Waals surface area contributed by atoms with Gasteiger partial charge in [0.2, 0.25) is 0 Å². The number of nitrogens with one attached hydrogen (secondary N) is 1. The summed E-state index contributed by atoms with van der Waals surface area (Å²) in [7, 11) is 0. The highest BCUT2D eigenvalue weighted by atomic mass is 19.1. The lowest BCUT2D eigenvalue weighted by atomic mass is 10.0. The van der Waals surface area contributed by atoms with Gasteiger partial charge in [0.1, 0.15) is 5.82 Å². The third-order valence-corrected chi connectivity index (χ3v) is 3.24. The molecular formula is C17H20FNO. The van der Waals surface area contributed by atoms with E-state index in [0.717, 1.165) is 12.1 Å². The smallest absolute Gasteiger partial charge is 0.123 e. The van der Waals surface area contributed by atoms with E-state index in [1.807, 2.05) is 18.2 Å². The highest BCUT2D eigenvalue weighted by Gasteiger charge is 2.13. The second kappa shape index (κ2) is 7.17. The first-order valence-corrected chi connectivity index (χ1v) is 6.86. The summed E-state index contributed by atoms with van der Waals surface area (Å²) in [5.41, 5.74) is 2.17. The molecule has 2 nitrogen and oxygen atoms in total. The molecule has 0 fully saturated rings. The molecule has 0 saturated carbocycles. The molecule has 2 unspecified atom stereocenters. The summed E-state index contributed by atoms with van der Waals surface area (Å²) in [6, 6.07) is 16.5. The molecule has 2 atom stereocenters. The summed E-state index contributed by atoms with van der Waals surface area (Å²) < 4.78 is 13.0. The Bertz CT molecular complexity index is 510. The Hall–Kier alpha value is -1.71. The Kier molecular flexibility index (Phi) is 5.27. The number of aliphatic hydroxyl groups is 1. The first-order chi connectivity index (χ1) is 9.65.